The van der Waals surface area contributed by atoms with Gasteiger partial charge in [0, 0.05) is 20.5 Å². The van der Waals surface area contributed by atoms with Gasteiger partial charge < -0.3 is 10.6 Å². The van der Waals surface area contributed by atoms with Crippen LogP contribution in [0.5, 0.6) is 0 Å². The standard InChI is InChI=1S/C9H15N3OS/c1-6-8(7(13)4-5-10)14-9(11-6)12(2)3/h4-5,10H2,1-3H3. The molecule has 0 unspecified atom stereocenters. The lowest BCUT2D eigenvalue weighted by atomic mass is 10.2. The van der Waals surface area contributed by atoms with Crippen LogP contribution in [0.4, 0.5) is 5.13 Å². The maximum Gasteiger partial charge on any atom is 0.185 e. The second-order valence-electron chi connectivity index (χ2n) is 3.27. The number of rotatable bonds is 4. The van der Waals surface area contributed by atoms with Crippen LogP contribution >= 0.6 is 11.3 Å². The molecule has 0 aliphatic rings. The van der Waals surface area contributed by atoms with Gasteiger partial charge in [0.15, 0.2) is 10.9 Å². The van der Waals surface area contributed by atoms with E-state index >= 15 is 0 Å². The highest BCUT2D eigenvalue weighted by Gasteiger charge is 2.14. The number of nitrogens with zero attached hydrogens (tertiary/aromatic N) is 2. The maximum absolute atomic E-state index is 11.6. The first-order valence-electron chi connectivity index (χ1n) is 4.44. The summed E-state index contributed by atoms with van der Waals surface area (Å²) in [6.45, 7) is 2.25. The Kier molecular flexibility index (Phi) is 3.60. The zero-order valence-corrected chi connectivity index (χ0v) is 9.52. The van der Waals surface area contributed by atoms with Gasteiger partial charge in [0.1, 0.15) is 0 Å². The number of aromatic nitrogens is 1. The number of hydrogen-bond acceptors (Lipinski definition) is 5. The molecule has 0 fully saturated rings. The minimum absolute atomic E-state index is 0.0931. The summed E-state index contributed by atoms with van der Waals surface area (Å²) in [6.07, 6.45) is 0.399. The SMILES string of the molecule is Cc1nc(N(C)C)sc1C(=O)CCN. The van der Waals surface area contributed by atoms with Gasteiger partial charge in [-0.2, -0.15) is 0 Å². The van der Waals surface area contributed by atoms with Crippen LogP contribution in [0.15, 0.2) is 0 Å². The molecular weight excluding hydrogens is 198 g/mol. The smallest absolute Gasteiger partial charge is 0.185 e. The molecule has 0 aliphatic heterocycles. The minimum atomic E-state index is 0.0931. The first kappa shape index (κ1) is 11.1. The number of carbonyl (C=O) groups excluding carboxylic acids is 1. The number of nitrogens with two attached hydrogens (primary N) is 1. The van der Waals surface area contributed by atoms with Gasteiger partial charge in [-0.3, -0.25) is 4.79 Å². The number of carbonyl (C=O) groups is 1. The number of aryl methyl sites for hydroxylation is 1. The summed E-state index contributed by atoms with van der Waals surface area (Å²) in [5, 5.41) is 0.864. The highest BCUT2D eigenvalue weighted by molar-refractivity contribution is 7.17. The number of ketones is 1. The van der Waals surface area contributed by atoms with Crippen molar-refractivity contribution in [1.82, 2.24) is 4.98 Å². The van der Waals surface area contributed by atoms with E-state index in [2.05, 4.69) is 4.98 Å². The highest BCUT2D eigenvalue weighted by atomic mass is 32.1. The maximum atomic E-state index is 11.6. The van der Waals surface area contributed by atoms with Crippen molar-refractivity contribution in [2.45, 2.75) is 13.3 Å². The van der Waals surface area contributed by atoms with E-state index in [9.17, 15) is 4.79 Å². The quantitative estimate of drug-likeness (QED) is 0.759. The summed E-state index contributed by atoms with van der Waals surface area (Å²) >= 11 is 1.43. The second-order valence-corrected chi connectivity index (χ2v) is 4.24. The number of thiazole rings is 1. The van der Waals surface area contributed by atoms with Crippen LogP contribution in [-0.4, -0.2) is 31.4 Å². The third-order valence-corrected chi connectivity index (χ3v) is 3.16. The van der Waals surface area contributed by atoms with Crippen LogP contribution in [0.25, 0.3) is 0 Å². The van der Waals surface area contributed by atoms with Crippen molar-refractivity contribution in [3.05, 3.63) is 10.6 Å². The molecule has 5 heteroatoms. The summed E-state index contributed by atoms with van der Waals surface area (Å²) in [4.78, 5) is 18.5. The van der Waals surface area contributed by atoms with Crippen molar-refractivity contribution in [2.24, 2.45) is 5.73 Å². The molecule has 1 heterocycles. The van der Waals surface area contributed by atoms with E-state index in [1.165, 1.54) is 11.3 Å². The highest BCUT2D eigenvalue weighted by Crippen LogP contribution is 2.25. The van der Waals surface area contributed by atoms with E-state index in [1.54, 1.807) is 0 Å². The molecule has 0 aromatic carbocycles. The molecule has 4 nitrogen and oxygen atoms in total. The van der Waals surface area contributed by atoms with E-state index < -0.39 is 0 Å². The molecule has 2 N–H and O–H groups in total. The van der Waals surface area contributed by atoms with E-state index in [1.807, 2.05) is 25.9 Å². The Hall–Kier alpha value is -0.940. The normalized spacial score (nSPS) is 10.3. The molecular formula is C9H15N3OS. The lowest BCUT2D eigenvalue weighted by molar-refractivity contribution is 0.0988. The summed E-state index contributed by atoms with van der Waals surface area (Å²) in [5.41, 5.74) is 6.14. The van der Waals surface area contributed by atoms with Gasteiger partial charge in [-0.1, -0.05) is 11.3 Å². The second kappa shape index (κ2) is 4.52. The Morgan fingerprint density at radius 1 is 1.57 bits per heavy atom. The van der Waals surface area contributed by atoms with Crippen molar-refractivity contribution < 1.29 is 4.79 Å². The van der Waals surface area contributed by atoms with Crippen molar-refractivity contribution in [1.29, 1.82) is 0 Å². The summed E-state index contributed by atoms with van der Waals surface area (Å²) in [5.74, 6) is 0.0931. The Morgan fingerprint density at radius 2 is 2.21 bits per heavy atom. The summed E-state index contributed by atoms with van der Waals surface area (Å²) in [6, 6.07) is 0. The first-order valence-corrected chi connectivity index (χ1v) is 5.26. The minimum Gasteiger partial charge on any atom is -0.354 e. The molecule has 0 saturated heterocycles. The molecule has 0 radical (unpaired) electrons. The molecule has 1 aromatic heterocycles. The molecule has 0 amide bonds. The molecule has 0 spiro atoms. The van der Waals surface area contributed by atoms with Gasteiger partial charge in [0.25, 0.3) is 0 Å². The lowest BCUT2D eigenvalue weighted by Crippen LogP contribution is -2.07. The molecule has 78 valence electrons. The molecule has 0 atom stereocenters. The summed E-state index contributed by atoms with van der Waals surface area (Å²) < 4.78 is 0. The van der Waals surface area contributed by atoms with Crippen molar-refractivity contribution in [3.63, 3.8) is 0 Å². The Morgan fingerprint density at radius 3 is 2.64 bits per heavy atom. The van der Waals surface area contributed by atoms with E-state index in [0.29, 0.717) is 13.0 Å². The van der Waals surface area contributed by atoms with Crippen LogP contribution < -0.4 is 10.6 Å². The predicted molar refractivity (Wildman–Crippen MR) is 59.2 cm³/mol. The molecule has 0 saturated carbocycles. The predicted octanol–water partition coefficient (Wildman–Crippen LogP) is 1.05. The fourth-order valence-electron chi connectivity index (χ4n) is 1.08. The fraction of sp³-hybridized carbons (Fsp3) is 0.556. The van der Waals surface area contributed by atoms with E-state index in [0.717, 1.165) is 15.7 Å². The van der Waals surface area contributed by atoms with Gasteiger partial charge in [-0.25, -0.2) is 4.98 Å². The zero-order valence-electron chi connectivity index (χ0n) is 8.70. The van der Waals surface area contributed by atoms with Crippen LogP contribution in [0.2, 0.25) is 0 Å². The number of hydrogen-bond donors (Lipinski definition) is 1. The Balaban J connectivity index is 2.92. The van der Waals surface area contributed by atoms with E-state index in [4.69, 9.17) is 5.73 Å². The molecule has 0 aliphatic carbocycles. The number of anilines is 1. The molecule has 0 bridgehead atoms. The average Bonchev–Trinajstić information content (AvgIpc) is 2.48. The molecule has 14 heavy (non-hydrogen) atoms. The van der Waals surface area contributed by atoms with Gasteiger partial charge in [-0.05, 0) is 13.5 Å². The molecule has 1 rings (SSSR count). The Labute approximate surface area is 87.7 Å². The van der Waals surface area contributed by atoms with Gasteiger partial charge in [0.2, 0.25) is 0 Å². The monoisotopic (exact) mass is 213 g/mol. The molecule has 1 aromatic rings. The number of Topliss-reactive ketones (excluding diaryl/α,β-unsaturated/α-hetero) is 1. The van der Waals surface area contributed by atoms with Crippen LogP contribution in [-0.2, 0) is 0 Å². The van der Waals surface area contributed by atoms with Gasteiger partial charge in [-0.15, -0.1) is 0 Å². The lowest BCUT2D eigenvalue weighted by Gasteiger charge is -2.04. The van der Waals surface area contributed by atoms with Crippen molar-refractivity contribution in [3.8, 4) is 0 Å². The zero-order chi connectivity index (χ0) is 10.7. The van der Waals surface area contributed by atoms with Crippen molar-refractivity contribution >= 4 is 22.3 Å². The third-order valence-electron chi connectivity index (χ3n) is 1.79. The third kappa shape index (κ3) is 2.30. The van der Waals surface area contributed by atoms with Crippen LogP contribution in [0.1, 0.15) is 21.8 Å². The van der Waals surface area contributed by atoms with Gasteiger partial charge in [0.05, 0.1) is 10.6 Å². The van der Waals surface area contributed by atoms with E-state index in [-0.39, 0.29) is 5.78 Å². The summed E-state index contributed by atoms with van der Waals surface area (Å²) in [7, 11) is 3.82. The van der Waals surface area contributed by atoms with Crippen molar-refractivity contribution in [2.75, 3.05) is 25.5 Å². The average molecular weight is 213 g/mol. The van der Waals surface area contributed by atoms with Crippen LogP contribution in [0.3, 0.4) is 0 Å². The topological polar surface area (TPSA) is 59.2 Å². The first-order chi connectivity index (χ1) is 6.56. The largest absolute Gasteiger partial charge is 0.354 e. The van der Waals surface area contributed by atoms with Gasteiger partial charge >= 0.3 is 0 Å². The Bertz CT molecular complexity index is 333. The fourth-order valence-corrected chi connectivity index (χ4v) is 2.03. The van der Waals surface area contributed by atoms with Crippen LogP contribution in [0, 0.1) is 6.92 Å².